The van der Waals surface area contributed by atoms with E-state index in [0.29, 0.717) is 6.42 Å². The van der Waals surface area contributed by atoms with Gasteiger partial charge in [-0.25, -0.2) is 0 Å². The highest BCUT2D eigenvalue weighted by molar-refractivity contribution is 5.65. The Kier molecular flexibility index (Phi) is 4.99. The summed E-state index contributed by atoms with van der Waals surface area (Å²) >= 11 is 0. The Bertz CT molecular complexity index is 321. The minimum atomic E-state index is -0.484. The number of carbonyl (C=O) groups excluding carboxylic acids is 1. The van der Waals surface area contributed by atoms with Crippen molar-refractivity contribution in [3.8, 4) is 0 Å². The second kappa shape index (κ2) is 6.28. The molecule has 0 aliphatic heterocycles. The molecule has 0 aromatic heterocycles. The van der Waals surface area contributed by atoms with E-state index in [4.69, 9.17) is 4.74 Å². The van der Waals surface area contributed by atoms with Crippen molar-refractivity contribution in [3.05, 3.63) is 35.9 Å². The number of esters is 1. The van der Waals surface area contributed by atoms with Gasteiger partial charge in [-0.3, -0.25) is 4.79 Å². The van der Waals surface area contributed by atoms with Gasteiger partial charge < -0.3 is 9.84 Å². The Morgan fingerprint density at radius 3 is 2.56 bits per heavy atom. The molecule has 16 heavy (non-hydrogen) atoms. The van der Waals surface area contributed by atoms with Crippen molar-refractivity contribution >= 4 is 5.97 Å². The first-order valence-corrected chi connectivity index (χ1v) is 5.45. The minimum Gasteiger partial charge on any atom is -0.465 e. The van der Waals surface area contributed by atoms with E-state index in [1.54, 1.807) is 0 Å². The predicted molar refractivity (Wildman–Crippen MR) is 61.9 cm³/mol. The average molecular weight is 222 g/mol. The van der Waals surface area contributed by atoms with Crippen LogP contribution in [0.15, 0.2) is 30.3 Å². The van der Waals surface area contributed by atoms with Gasteiger partial charge in [0.2, 0.25) is 0 Å². The van der Waals surface area contributed by atoms with E-state index in [-0.39, 0.29) is 18.5 Å². The lowest BCUT2D eigenvalue weighted by Gasteiger charge is -2.18. The zero-order chi connectivity index (χ0) is 12.0. The summed E-state index contributed by atoms with van der Waals surface area (Å²) in [6.45, 7) is 3.51. The summed E-state index contributed by atoms with van der Waals surface area (Å²) in [4.78, 5) is 10.6. The van der Waals surface area contributed by atoms with Crippen molar-refractivity contribution in [3.63, 3.8) is 0 Å². The molecule has 0 aliphatic rings. The number of aliphatic hydroxyl groups is 1. The van der Waals surface area contributed by atoms with Crippen LogP contribution >= 0.6 is 0 Å². The molecular formula is C13H18O3. The van der Waals surface area contributed by atoms with Gasteiger partial charge in [0.05, 0.1) is 12.7 Å². The molecular weight excluding hydrogens is 204 g/mol. The third-order valence-corrected chi connectivity index (χ3v) is 2.49. The molecule has 1 aromatic rings. The summed E-state index contributed by atoms with van der Waals surface area (Å²) in [6, 6.07) is 9.78. The molecule has 1 aromatic carbocycles. The third kappa shape index (κ3) is 4.45. The average Bonchev–Trinajstić information content (AvgIpc) is 2.27. The quantitative estimate of drug-likeness (QED) is 0.773. The number of benzene rings is 1. The van der Waals surface area contributed by atoms with Gasteiger partial charge in [-0.1, -0.05) is 37.3 Å². The summed E-state index contributed by atoms with van der Waals surface area (Å²) in [5, 5.41) is 9.89. The lowest BCUT2D eigenvalue weighted by atomic mass is 9.98. The van der Waals surface area contributed by atoms with Gasteiger partial charge in [0.15, 0.2) is 0 Å². The largest absolute Gasteiger partial charge is 0.465 e. The molecule has 0 saturated carbocycles. The van der Waals surface area contributed by atoms with Crippen LogP contribution in [0, 0.1) is 5.92 Å². The van der Waals surface area contributed by atoms with E-state index < -0.39 is 6.10 Å². The Morgan fingerprint density at radius 1 is 1.38 bits per heavy atom. The van der Waals surface area contributed by atoms with Crippen molar-refractivity contribution in [2.24, 2.45) is 5.92 Å². The summed E-state index contributed by atoms with van der Waals surface area (Å²) in [5.41, 5.74) is 1.09. The molecule has 0 unspecified atom stereocenters. The van der Waals surface area contributed by atoms with Gasteiger partial charge in [-0.2, -0.15) is 0 Å². The second-order valence-corrected chi connectivity index (χ2v) is 4.04. The number of ether oxygens (including phenoxy) is 1. The zero-order valence-corrected chi connectivity index (χ0v) is 9.72. The highest BCUT2D eigenvalue weighted by atomic mass is 16.5. The zero-order valence-electron chi connectivity index (χ0n) is 9.72. The van der Waals surface area contributed by atoms with Crippen LogP contribution in [0.4, 0.5) is 0 Å². The standard InChI is InChI=1S/C13H18O3/c1-10(9-16-11(2)14)13(15)8-12-6-4-3-5-7-12/h3-7,10,13,15H,8-9H2,1-2H3/t10-,13-/m0/s1. The Hall–Kier alpha value is -1.35. The van der Waals surface area contributed by atoms with Crippen LogP contribution < -0.4 is 0 Å². The fraction of sp³-hybridized carbons (Fsp3) is 0.462. The maximum absolute atomic E-state index is 10.6. The van der Waals surface area contributed by atoms with Gasteiger partial charge in [-0.05, 0) is 12.0 Å². The van der Waals surface area contributed by atoms with Crippen LogP contribution in [-0.4, -0.2) is 23.8 Å². The first-order chi connectivity index (χ1) is 7.59. The molecule has 0 spiro atoms. The van der Waals surface area contributed by atoms with E-state index in [1.807, 2.05) is 37.3 Å². The number of hydrogen-bond donors (Lipinski definition) is 1. The third-order valence-electron chi connectivity index (χ3n) is 2.49. The lowest BCUT2D eigenvalue weighted by Crippen LogP contribution is -2.25. The molecule has 2 atom stereocenters. The second-order valence-electron chi connectivity index (χ2n) is 4.04. The number of hydrogen-bond acceptors (Lipinski definition) is 3. The molecule has 1 rings (SSSR count). The monoisotopic (exact) mass is 222 g/mol. The van der Waals surface area contributed by atoms with Crippen molar-refractivity contribution in [1.82, 2.24) is 0 Å². The molecule has 0 aliphatic carbocycles. The molecule has 0 amide bonds. The first kappa shape index (κ1) is 12.7. The minimum absolute atomic E-state index is 0.0518. The van der Waals surface area contributed by atoms with Crippen LogP contribution in [0.2, 0.25) is 0 Å². The Morgan fingerprint density at radius 2 is 2.00 bits per heavy atom. The summed E-state index contributed by atoms with van der Waals surface area (Å²) < 4.78 is 4.86. The molecule has 0 fully saturated rings. The smallest absolute Gasteiger partial charge is 0.302 e. The van der Waals surface area contributed by atoms with Crippen LogP contribution in [0.25, 0.3) is 0 Å². The van der Waals surface area contributed by atoms with E-state index in [9.17, 15) is 9.90 Å². The summed E-state index contributed by atoms with van der Waals surface area (Å²) in [5.74, 6) is -0.358. The normalized spacial score (nSPS) is 14.2. The highest BCUT2D eigenvalue weighted by Gasteiger charge is 2.15. The molecule has 0 saturated heterocycles. The molecule has 3 nitrogen and oxygen atoms in total. The van der Waals surface area contributed by atoms with E-state index in [2.05, 4.69) is 0 Å². The fourth-order valence-electron chi connectivity index (χ4n) is 1.42. The summed E-state index contributed by atoms with van der Waals surface area (Å²) in [7, 11) is 0. The summed E-state index contributed by atoms with van der Waals surface area (Å²) in [6.07, 6.45) is 0.102. The SMILES string of the molecule is CC(=O)OC[C@H](C)[C@@H](O)Cc1ccccc1. The first-order valence-electron chi connectivity index (χ1n) is 5.45. The number of carbonyl (C=O) groups is 1. The molecule has 3 heteroatoms. The van der Waals surface area contributed by atoms with E-state index in [0.717, 1.165) is 5.56 Å². The Balaban J connectivity index is 2.39. The number of aliphatic hydroxyl groups excluding tert-OH is 1. The van der Waals surface area contributed by atoms with Crippen LogP contribution in [0.3, 0.4) is 0 Å². The van der Waals surface area contributed by atoms with Crippen molar-refractivity contribution < 1.29 is 14.6 Å². The van der Waals surface area contributed by atoms with E-state index >= 15 is 0 Å². The van der Waals surface area contributed by atoms with Gasteiger partial charge in [0.1, 0.15) is 0 Å². The maximum Gasteiger partial charge on any atom is 0.302 e. The van der Waals surface area contributed by atoms with Crippen molar-refractivity contribution in [1.29, 1.82) is 0 Å². The fourth-order valence-corrected chi connectivity index (χ4v) is 1.42. The predicted octanol–water partition coefficient (Wildman–Crippen LogP) is 1.79. The molecule has 88 valence electrons. The highest BCUT2D eigenvalue weighted by Crippen LogP contribution is 2.11. The molecule has 1 N–H and O–H groups in total. The molecule has 0 bridgehead atoms. The topological polar surface area (TPSA) is 46.5 Å². The van der Waals surface area contributed by atoms with Crippen molar-refractivity contribution in [2.75, 3.05) is 6.61 Å². The van der Waals surface area contributed by atoms with Crippen LogP contribution in [0.5, 0.6) is 0 Å². The molecule has 0 heterocycles. The van der Waals surface area contributed by atoms with Gasteiger partial charge in [0, 0.05) is 12.8 Å². The Labute approximate surface area is 96.1 Å². The number of rotatable bonds is 5. The van der Waals surface area contributed by atoms with Gasteiger partial charge in [-0.15, -0.1) is 0 Å². The molecule has 0 radical (unpaired) electrons. The van der Waals surface area contributed by atoms with Gasteiger partial charge >= 0.3 is 5.97 Å². The maximum atomic E-state index is 10.6. The lowest BCUT2D eigenvalue weighted by molar-refractivity contribution is -0.143. The van der Waals surface area contributed by atoms with Crippen molar-refractivity contribution in [2.45, 2.75) is 26.4 Å². The van der Waals surface area contributed by atoms with Crippen LogP contribution in [-0.2, 0) is 16.0 Å². The van der Waals surface area contributed by atoms with E-state index in [1.165, 1.54) is 6.92 Å². The van der Waals surface area contributed by atoms with Crippen LogP contribution in [0.1, 0.15) is 19.4 Å². The van der Waals surface area contributed by atoms with Gasteiger partial charge in [0.25, 0.3) is 0 Å².